The lowest BCUT2D eigenvalue weighted by Crippen LogP contribution is -2.23. The Morgan fingerprint density at radius 3 is 2.70 bits per heavy atom. The number of hydrogen-bond donors (Lipinski definition) is 0. The van der Waals surface area contributed by atoms with Crippen molar-refractivity contribution in [3.63, 3.8) is 0 Å². The molecule has 0 bridgehead atoms. The molecule has 1 aliphatic rings. The van der Waals surface area contributed by atoms with Gasteiger partial charge in [-0.1, -0.05) is 6.92 Å². The maximum atomic E-state index is 13.0. The molecule has 1 fully saturated rings. The Labute approximate surface area is 59.4 Å². The van der Waals surface area contributed by atoms with E-state index < -0.39 is 11.6 Å². The summed E-state index contributed by atoms with van der Waals surface area (Å²) < 4.78 is 17.7. The van der Waals surface area contributed by atoms with E-state index >= 15 is 0 Å². The van der Waals surface area contributed by atoms with E-state index in [4.69, 9.17) is 4.74 Å². The summed E-state index contributed by atoms with van der Waals surface area (Å²) in [6.45, 7) is 3.14. The lowest BCUT2D eigenvalue weighted by atomic mass is 10.0. The van der Waals surface area contributed by atoms with E-state index in [0.717, 1.165) is 0 Å². The molecule has 10 heavy (non-hydrogen) atoms. The Bertz CT molecular complexity index is 154. The van der Waals surface area contributed by atoms with Crippen molar-refractivity contribution in [2.24, 2.45) is 0 Å². The third-order valence-corrected chi connectivity index (χ3v) is 1.77. The highest BCUT2D eigenvalue weighted by molar-refractivity contribution is 5.81. The van der Waals surface area contributed by atoms with Gasteiger partial charge in [0.15, 0.2) is 0 Å². The number of alkyl halides is 1. The van der Waals surface area contributed by atoms with Crippen LogP contribution in [0.3, 0.4) is 0 Å². The molecule has 0 aromatic rings. The monoisotopic (exact) mass is 146 g/mol. The van der Waals surface area contributed by atoms with Crippen molar-refractivity contribution in [1.82, 2.24) is 0 Å². The minimum absolute atomic E-state index is 0.206. The number of carbonyl (C=O) groups excluding carboxylic acids is 1. The highest BCUT2D eigenvalue weighted by atomic mass is 19.1. The Balaban J connectivity index is 2.62. The standard InChI is InChI=1S/C7H11FO2/c1-3-5-4-7(2,8)6(9)10-5/h5H,3-4H2,1-2H3/t5-,7?/m1/s1. The van der Waals surface area contributed by atoms with Gasteiger partial charge >= 0.3 is 5.97 Å². The van der Waals surface area contributed by atoms with Gasteiger partial charge in [-0.25, -0.2) is 9.18 Å². The molecule has 1 rings (SSSR count). The van der Waals surface area contributed by atoms with E-state index in [1.54, 1.807) is 0 Å². The van der Waals surface area contributed by atoms with Crippen molar-refractivity contribution in [2.75, 3.05) is 0 Å². The predicted molar refractivity (Wildman–Crippen MR) is 34.3 cm³/mol. The average Bonchev–Trinajstić information content (AvgIpc) is 2.08. The molecule has 0 N–H and O–H groups in total. The zero-order chi connectivity index (χ0) is 7.78. The number of carbonyl (C=O) groups is 1. The highest BCUT2D eigenvalue weighted by Crippen LogP contribution is 2.29. The molecule has 0 aromatic heterocycles. The van der Waals surface area contributed by atoms with Gasteiger partial charge in [-0.2, -0.15) is 0 Å². The van der Waals surface area contributed by atoms with Crippen LogP contribution < -0.4 is 0 Å². The summed E-state index contributed by atoms with van der Waals surface area (Å²) in [5.74, 6) is -0.709. The van der Waals surface area contributed by atoms with Crippen LogP contribution in [0.5, 0.6) is 0 Å². The zero-order valence-corrected chi connectivity index (χ0v) is 6.19. The molecule has 1 heterocycles. The molecule has 0 spiro atoms. The van der Waals surface area contributed by atoms with Crippen LogP contribution in [-0.4, -0.2) is 17.7 Å². The molecular formula is C7H11FO2. The number of cyclic esters (lactones) is 1. The molecular weight excluding hydrogens is 135 g/mol. The van der Waals surface area contributed by atoms with Crippen LogP contribution >= 0.6 is 0 Å². The number of esters is 1. The highest BCUT2D eigenvalue weighted by Gasteiger charge is 2.44. The molecule has 58 valence electrons. The minimum Gasteiger partial charge on any atom is -0.460 e. The van der Waals surface area contributed by atoms with Gasteiger partial charge < -0.3 is 4.74 Å². The van der Waals surface area contributed by atoms with Crippen LogP contribution in [0.4, 0.5) is 4.39 Å². The van der Waals surface area contributed by atoms with Crippen LogP contribution in [0, 0.1) is 0 Å². The molecule has 0 amide bonds. The molecule has 1 unspecified atom stereocenters. The fourth-order valence-electron chi connectivity index (χ4n) is 1.05. The summed E-state index contributed by atoms with van der Waals surface area (Å²) in [4.78, 5) is 10.7. The summed E-state index contributed by atoms with van der Waals surface area (Å²) in [6, 6.07) is 0. The van der Waals surface area contributed by atoms with Gasteiger partial charge in [0, 0.05) is 6.42 Å². The third kappa shape index (κ3) is 1.13. The second-order valence-electron chi connectivity index (χ2n) is 2.84. The topological polar surface area (TPSA) is 26.3 Å². The first kappa shape index (κ1) is 7.51. The van der Waals surface area contributed by atoms with Crippen molar-refractivity contribution in [3.8, 4) is 0 Å². The van der Waals surface area contributed by atoms with Crippen molar-refractivity contribution in [3.05, 3.63) is 0 Å². The van der Waals surface area contributed by atoms with Crippen molar-refractivity contribution in [1.29, 1.82) is 0 Å². The molecule has 0 aliphatic carbocycles. The maximum absolute atomic E-state index is 13.0. The molecule has 0 radical (unpaired) electrons. The van der Waals surface area contributed by atoms with Crippen LogP contribution in [0.15, 0.2) is 0 Å². The molecule has 2 atom stereocenters. The fraction of sp³-hybridized carbons (Fsp3) is 0.857. The zero-order valence-electron chi connectivity index (χ0n) is 6.19. The molecule has 1 aliphatic heterocycles. The third-order valence-electron chi connectivity index (χ3n) is 1.77. The van der Waals surface area contributed by atoms with E-state index in [-0.39, 0.29) is 12.5 Å². The second kappa shape index (κ2) is 2.22. The van der Waals surface area contributed by atoms with Crippen LogP contribution in [0.25, 0.3) is 0 Å². The lowest BCUT2D eigenvalue weighted by molar-refractivity contribution is -0.149. The van der Waals surface area contributed by atoms with Gasteiger partial charge in [0.2, 0.25) is 5.67 Å². The summed E-state index contributed by atoms with van der Waals surface area (Å²) in [6.07, 6.45) is 0.704. The Kier molecular flexibility index (Phi) is 1.67. The minimum atomic E-state index is -1.74. The summed E-state index contributed by atoms with van der Waals surface area (Å²) in [7, 11) is 0. The maximum Gasteiger partial charge on any atom is 0.344 e. The van der Waals surface area contributed by atoms with Gasteiger partial charge in [-0.15, -0.1) is 0 Å². The van der Waals surface area contributed by atoms with Crippen molar-refractivity contribution >= 4 is 5.97 Å². The van der Waals surface area contributed by atoms with E-state index in [9.17, 15) is 9.18 Å². The van der Waals surface area contributed by atoms with E-state index in [1.165, 1.54) is 6.92 Å². The van der Waals surface area contributed by atoms with Crippen LogP contribution in [-0.2, 0) is 9.53 Å². The van der Waals surface area contributed by atoms with Crippen LogP contribution in [0.2, 0.25) is 0 Å². The average molecular weight is 146 g/mol. The lowest BCUT2D eigenvalue weighted by Gasteiger charge is -2.04. The predicted octanol–water partition coefficient (Wildman–Crippen LogP) is 1.44. The largest absolute Gasteiger partial charge is 0.460 e. The smallest absolute Gasteiger partial charge is 0.344 e. The number of rotatable bonds is 1. The van der Waals surface area contributed by atoms with E-state index in [0.29, 0.717) is 6.42 Å². The number of ether oxygens (including phenoxy) is 1. The first-order valence-corrected chi connectivity index (χ1v) is 3.46. The van der Waals surface area contributed by atoms with Gasteiger partial charge in [-0.05, 0) is 13.3 Å². The Morgan fingerprint density at radius 2 is 2.50 bits per heavy atom. The first-order valence-electron chi connectivity index (χ1n) is 3.46. The Morgan fingerprint density at radius 1 is 1.90 bits per heavy atom. The van der Waals surface area contributed by atoms with Gasteiger partial charge in [0.05, 0.1) is 0 Å². The first-order chi connectivity index (χ1) is 4.56. The summed E-state index contributed by atoms with van der Waals surface area (Å²) in [5.41, 5.74) is -1.74. The van der Waals surface area contributed by atoms with E-state index in [2.05, 4.69) is 0 Å². The van der Waals surface area contributed by atoms with Crippen LogP contribution in [0.1, 0.15) is 26.7 Å². The quantitative estimate of drug-likeness (QED) is 0.523. The molecule has 1 saturated heterocycles. The Hall–Kier alpha value is -0.600. The second-order valence-corrected chi connectivity index (χ2v) is 2.84. The summed E-state index contributed by atoms with van der Waals surface area (Å²) in [5, 5.41) is 0. The number of halogens is 1. The van der Waals surface area contributed by atoms with Crippen molar-refractivity contribution in [2.45, 2.75) is 38.5 Å². The van der Waals surface area contributed by atoms with Gasteiger partial charge in [0.1, 0.15) is 6.10 Å². The molecule has 0 aromatic carbocycles. The van der Waals surface area contributed by atoms with Gasteiger partial charge in [-0.3, -0.25) is 0 Å². The molecule has 3 heteroatoms. The number of hydrogen-bond acceptors (Lipinski definition) is 2. The SMILES string of the molecule is CC[C@@H]1CC(C)(F)C(=O)O1. The molecule has 2 nitrogen and oxygen atoms in total. The van der Waals surface area contributed by atoms with E-state index in [1.807, 2.05) is 6.92 Å². The fourth-order valence-corrected chi connectivity index (χ4v) is 1.05. The molecule has 0 saturated carbocycles. The summed E-state index contributed by atoms with van der Waals surface area (Å²) >= 11 is 0. The normalized spacial score (nSPS) is 39.9. The van der Waals surface area contributed by atoms with Gasteiger partial charge in [0.25, 0.3) is 0 Å². The van der Waals surface area contributed by atoms with Crippen molar-refractivity contribution < 1.29 is 13.9 Å².